The molecular weight excluding hydrogens is 390 g/mol. The molecule has 4 rings (SSSR count). The van der Waals surface area contributed by atoms with Gasteiger partial charge in [0.15, 0.2) is 11.6 Å². The molecule has 2 saturated carbocycles. The fraction of sp³-hybridized carbons (Fsp3) is 0.571. The first-order chi connectivity index (χ1) is 15.1. The second-order valence-corrected chi connectivity index (χ2v) is 9.78. The predicted molar refractivity (Wildman–Crippen MR) is 125 cm³/mol. The van der Waals surface area contributed by atoms with Crippen LogP contribution < -0.4 is 4.74 Å². The van der Waals surface area contributed by atoms with E-state index < -0.39 is 5.82 Å². The molecule has 0 saturated heterocycles. The van der Waals surface area contributed by atoms with E-state index in [0.29, 0.717) is 5.39 Å². The highest BCUT2D eigenvalue weighted by Gasteiger charge is 2.36. The maximum Gasteiger partial charge on any atom is 0.172 e. The van der Waals surface area contributed by atoms with Crippen LogP contribution in [0.2, 0.25) is 0 Å². The van der Waals surface area contributed by atoms with E-state index in [4.69, 9.17) is 4.74 Å². The van der Waals surface area contributed by atoms with E-state index in [9.17, 15) is 4.39 Å². The zero-order chi connectivity index (χ0) is 21.8. The normalized spacial score (nSPS) is 25.9. The largest absolute Gasteiger partial charge is 0.486 e. The Hall–Kier alpha value is -1.90. The quantitative estimate of drug-likeness (QED) is 0.303. The lowest BCUT2D eigenvalue weighted by Gasteiger charge is -2.42. The molecule has 2 aromatic carbocycles. The van der Waals surface area contributed by atoms with Crippen LogP contribution in [0.25, 0.3) is 10.8 Å². The molecular formula is C28H36F2O. The molecule has 0 aliphatic heterocycles. The molecule has 0 N–H and O–H groups in total. The summed E-state index contributed by atoms with van der Waals surface area (Å²) in [5.74, 6) is 2.09. The molecule has 4 atom stereocenters. The van der Waals surface area contributed by atoms with Crippen molar-refractivity contribution < 1.29 is 13.5 Å². The fourth-order valence-electron chi connectivity index (χ4n) is 6.09. The van der Waals surface area contributed by atoms with Gasteiger partial charge >= 0.3 is 0 Å². The third kappa shape index (κ3) is 4.96. The van der Waals surface area contributed by atoms with Crippen LogP contribution in [0.15, 0.2) is 36.9 Å². The van der Waals surface area contributed by atoms with Crippen LogP contribution in [-0.2, 0) is 0 Å². The zero-order valence-electron chi connectivity index (χ0n) is 18.8. The fourth-order valence-corrected chi connectivity index (χ4v) is 6.09. The van der Waals surface area contributed by atoms with Crippen LogP contribution in [0, 0.1) is 29.4 Å². The van der Waals surface area contributed by atoms with Crippen LogP contribution in [-0.4, -0.2) is 6.61 Å². The van der Waals surface area contributed by atoms with Gasteiger partial charge in [0, 0.05) is 5.39 Å². The highest BCUT2D eigenvalue weighted by atomic mass is 19.1. The predicted octanol–water partition coefficient (Wildman–Crippen LogP) is 8.56. The average Bonchev–Trinajstić information content (AvgIpc) is 2.78. The van der Waals surface area contributed by atoms with Gasteiger partial charge < -0.3 is 4.74 Å². The molecule has 0 spiro atoms. The molecule has 3 heteroatoms. The molecule has 4 unspecified atom stereocenters. The van der Waals surface area contributed by atoms with Crippen LogP contribution >= 0.6 is 0 Å². The molecule has 2 aromatic rings. The van der Waals surface area contributed by atoms with Crippen molar-refractivity contribution in [2.24, 2.45) is 17.8 Å². The summed E-state index contributed by atoms with van der Waals surface area (Å²) in [4.78, 5) is 0. The van der Waals surface area contributed by atoms with Gasteiger partial charge in [-0.2, -0.15) is 0 Å². The van der Waals surface area contributed by atoms with Gasteiger partial charge in [0.25, 0.3) is 0 Å². The molecule has 0 aromatic heterocycles. The molecule has 0 radical (unpaired) electrons. The Labute approximate surface area is 185 Å². The van der Waals surface area contributed by atoms with Crippen LogP contribution in [0.5, 0.6) is 5.75 Å². The van der Waals surface area contributed by atoms with Gasteiger partial charge in [-0.05, 0) is 84.9 Å². The Morgan fingerprint density at radius 1 is 1.03 bits per heavy atom. The number of hydrogen-bond donors (Lipinski definition) is 0. The van der Waals surface area contributed by atoms with Gasteiger partial charge in [0.05, 0.1) is 0 Å². The summed E-state index contributed by atoms with van der Waals surface area (Å²) in [6.07, 6.45) is 14.3. The lowest BCUT2D eigenvalue weighted by molar-refractivity contribution is 0.112. The van der Waals surface area contributed by atoms with Crippen molar-refractivity contribution in [3.8, 4) is 5.75 Å². The molecule has 2 fully saturated rings. The first-order valence-corrected chi connectivity index (χ1v) is 12.3. The lowest BCUT2D eigenvalue weighted by Crippen LogP contribution is -2.30. The summed E-state index contributed by atoms with van der Waals surface area (Å²) >= 11 is 0. The number of benzene rings is 2. The Morgan fingerprint density at radius 2 is 1.84 bits per heavy atom. The van der Waals surface area contributed by atoms with Crippen molar-refractivity contribution in [2.75, 3.05) is 6.61 Å². The van der Waals surface area contributed by atoms with Crippen molar-refractivity contribution >= 4 is 10.8 Å². The van der Waals surface area contributed by atoms with Crippen molar-refractivity contribution in [1.29, 1.82) is 0 Å². The second-order valence-electron chi connectivity index (χ2n) is 9.78. The van der Waals surface area contributed by atoms with Crippen molar-refractivity contribution in [3.63, 3.8) is 0 Å². The number of halogens is 2. The molecule has 0 amide bonds. The Balaban J connectivity index is 1.46. The van der Waals surface area contributed by atoms with E-state index >= 15 is 4.39 Å². The first-order valence-electron chi connectivity index (χ1n) is 12.3. The van der Waals surface area contributed by atoms with E-state index in [1.54, 1.807) is 12.1 Å². The Bertz CT molecular complexity index is 906. The number of hydrogen-bond acceptors (Lipinski definition) is 1. The smallest absolute Gasteiger partial charge is 0.172 e. The second kappa shape index (κ2) is 10.1. The van der Waals surface area contributed by atoms with E-state index in [1.165, 1.54) is 57.4 Å². The van der Waals surface area contributed by atoms with Gasteiger partial charge in [0.2, 0.25) is 0 Å². The molecule has 31 heavy (non-hydrogen) atoms. The van der Waals surface area contributed by atoms with Crippen molar-refractivity contribution in [1.82, 2.24) is 0 Å². The van der Waals surface area contributed by atoms with Gasteiger partial charge in [0.1, 0.15) is 12.4 Å². The number of ether oxygens (including phenoxy) is 1. The highest BCUT2D eigenvalue weighted by molar-refractivity contribution is 5.85. The SMILES string of the molecule is C=CCOc1ccc2cc(C3CCC4CC(CCCCC)CCC4C3)c(F)cc2c1F. The third-order valence-electron chi connectivity index (χ3n) is 7.77. The minimum atomic E-state index is -0.491. The lowest BCUT2D eigenvalue weighted by atomic mass is 9.63. The maximum absolute atomic E-state index is 15.1. The van der Waals surface area contributed by atoms with Crippen molar-refractivity contribution in [2.45, 2.75) is 77.0 Å². The summed E-state index contributed by atoms with van der Waals surface area (Å²) < 4.78 is 35.3. The highest BCUT2D eigenvalue weighted by Crippen LogP contribution is 2.49. The molecule has 2 aliphatic carbocycles. The van der Waals surface area contributed by atoms with E-state index in [2.05, 4.69) is 13.5 Å². The maximum atomic E-state index is 15.1. The molecule has 0 heterocycles. The standard InChI is InChI=1S/C28H36F2O/c1-3-5-6-7-19-8-9-21-16-22(11-10-20(21)15-19)24-17-23-12-13-27(31-14-4-2)28(30)25(23)18-26(24)29/h4,12-13,17-22H,2-3,5-11,14-16H2,1H3. The van der Waals surface area contributed by atoms with E-state index in [-0.39, 0.29) is 24.1 Å². The third-order valence-corrected chi connectivity index (χ3v) is 7.77. The van der Waals surface area contributed by atoms with Gasteiger partial charge in [-0.15, -0.1) is 0 Å². The van der Waals surface area contributed by atoms with Crippen LogP contribution in [0.4, 0.5) is 8.78 Å². The summed E-state index contributed by atoms with van der Waals surface area (Å²) in [5, 5.41) is 1.05. The molecule has 1 nitrogen and oxygen atoms in total. The summed E-state index contributed by atoms with van der Waals surface area (Å²) in [7, 11) is 0. The minimum absolute atomic E-state index is 0.149. The summed E-state index contributed by atoms with van der Waals surface area (Å²) in [5.41, 5.74) is 0.773. The Morgan fingerprint density at radius 3 is 2.65 bits per heavy atom. The number of rotatable bonds is 8. The van der Waals surface area contributed by atoms with Crippen molar-refractivity contribution in [3.05, 3.63) is 54.1 Å². The van der Waals surface area contributed by atoms with Crippen LogP contribution in [0.3, 0.4) is 0 Å². The van der Waals surface area contributed by atoms with Gasteiger partial charge in [-0.1, -0.05) is 57.7 Å². The van der Waals surface area contributed by atoms with Gasteiger partial charge in [-0.25, -0.2) is 8.78 Å². The first kappa shape index (κ1) is 22.3. The summed E-state index contributed by atoms with van der Waals surface area (Å²) in [6.45, 7) is 6.09. The Kier molecular flexibility index (Phi) is 7.30. The topological polar surface area (TPSA) is 9.23 Å². The molecule has 0 bridgehead atoms. The van der Waals surface area contributed by atoms with E-state index in [0.717, 1.165) is 41.5 Å². The average molecular weight is 427 g/mol. The monoisotopic (exact) mass is 426 g/mol. The minimum Gasteiger partial charge on any atom is -0.486 e. The van der Waals surface area contributed by atoms with Gasteiger partial charge in [-0.3, -0.25) is 0 Å². The number of fused-ring (bicyclic) bond motifs is 2. The summed E-state index contributed by atoms with van der Waals surface area (Å²) in [6, 6.07) is 6.73. The number of unbranched alkanes of at least 4 members (excludes halogenated alkanes) is 2. The zero-order valence-corrected chi connectivity index (χ0v) is 18.8. The van der Waals surface area contributed by atoms with Crippen LogP contribution in [0.1, 0.15) is 82.6 Å². The molecule has 2 aliphatic rings. The van der Waals surface area contributed by atoms with E-state index in [1.807, 2.05) is 12.1 Å². The molecule has 168 valence electrons.